The van der Waals surface area contributed by atoms with Gasteiger partial charge in [0.05, 0.1) is 10.2 Å². The number of benzene rings is 5. The summed E-state index contributed by atoms with van der Waals surface area (Å²) in [4.78, 5) is 51.1. The molecular formula is C39H33N5O5S. The fourth-order valence-corrected chi connectivity index (χ4v) is 6.55. The van der Waals surface area contributed by atoms with Gasteiger partial charge in [0.15, 0.2) is 0 Å². The van der Waals surface area contributed by atoms with Crippen molar-refractivity contribution in [1.82, 2.24) is 9.88 Å². The SMILES string of the molecule is CCn1c2ccccc2c2cc(NC(=O)C(C)Sc3cccc(NC(=O)/C(=C\c4ccc([N+](=O)[O-])cc4)NC(=O)c4ccccc4)c3)ccc21. The minimum atomic E-state index is -0.597. The molecule has 1 heterocycles. The van der Waals surface area contributed by atoms with E-state index in [4.69, 9.17) is 0 Å². The second-order valence-electron chi connectivity index (χ2n) is 11.5. The third-order valence-corrected chi connectivity index (χ3v) is 9.17. The Hall–Kier alpha value is -6.20. The van der Waals surface area contributed by atoms with Gasteiger partial charge in [0.25, 0.3) is 17.5 Å². The van der Waals surface area contributed by atoms with Crippen LogP contribution in [0.1, 0.15) is 29.8 Å². The van der Waals surface area contributed by atoms with Crippen LogP contribution in [0.15, 0.2) is 132 Å². The molecule has 6 aromatic rings. The zero-order chi connectivity index (χ0) is 35.2. The molecule has 0 radical (unpaired) electrons. The topological polar surface area (TPSA) is 135 Å². The standard InChI is InChI=1S/C39H33N5O5S/c1-3-43-35-15-8-7-14-32(35)33-24-29(18-21-36(33)43)40-37(45)25(2)50-31-13-9-12-28(23-31)41-39(47)34(42-38(46)27-10-5-4-6-11-27)22-26-16-19-30(20-17-26)44(48)49/h4-25H,3H2,1-2H3,(H,40,45)(H,41,47)(H,42,46)/b34-22+. The summed E-state index contributed by atoms with van der Waals surface area (Å²) in [5.41, 5.74) is 4.10. The highest BCUT2D eigenvalue weighted by Gasteiger charge is 2.19. The highest BCUT2D eigenvalue weighted by molar-refractivity contribution is 8.00. The van der Waals surface area contributed by atoms with E-state index in [2.05, 4.69) is 39.6 Å². The van der Waals surface area contributed by atoms with Crippen LogP contribution in [0, 0.1) is 10.1 Å². The monoisotopic (exact) mass is 683 g/mol. The van der Waals surface area contributed by atoms with Gasteiger partial charge in [-0.05, 0) is 92.2 Å². The smallest absolute Gasteiger partial charge is 0.272 e. The van der Waals surface area contributed by atoms with Crippen LogP contribution in [0.5, 0.6) is 0 Å². The highest BCUT2D eigenvalue weighted by Crippen LogP contribution is 2.32. The molecule has 0 aliphatic rings. The Kier molecular flexibility index (Phi) is 10.1. The molecule has 1 unspecified atom stereocenters. The van der Waals surface area contributed by atoms with Crippen molar-refractivity contribution in [3.8, 4) is 0 Å². The fourth-order valence-electron chi connectivity index (χ4n) is 5.62. The summed E-state index contributed by atoms with van der Waals surface area (Å²) in [6, 6.07) is 35.3. The van der Waals surface area contributed by atoms with Gasteiger partial charge in [0, 0.05) is 62.3 Å². The largest absolute Gasteiger partial charge is 0.341 e. The summed E-state index contributed by atoms with van der Waals surface area (Å²) in [7, 11) is 0. The summed E-state index contributed by atoms with van der Waals surface area (Å²) in [5.74, 6) is -1.26. The first-order chi connectivity index (χ1) is 24.2. The molecule has 0 fully saturated rings. The molecule has 0 spiro atoms. The Balaban J connectivity index is 1.16. The number of carbonyl (C=O) groups excluding carboxylic acids is 3. The molecule has 6 rings (SSSR count). The average Bonchev–Trinajstić information content (AvgIpc) is 3.44. The van der Waals surface area contributed by atoms with Crippen LogP contribution in [-0.2, 0) is 16.1 Å². The van der Waals surface area contributed by atoms with E-state index in [1.165, 1.54) is 42.1 Å². The van der Waals surface area contributed by atoms with Gasteiger partial charge in [0.2, 0.25) is 5.91 Å². The van der Waals surface area contributed by atoms with Crippen molar-refractivity contribution in [2.75, 3.05) is 10.6 Å². The number of aryl methyl sites for hydroxylation is 1. The van der Waals surface area contributed by atoms with Gasteiger partial charge in [0.1, 0.15) is 5.70 Å². The Morgan fingerprint density at radius 2 is 1.50 bits per heavy atom. The molecule has 0 aliphatic carbocycles. The number of nitrogens with one attached hydrogen (secondary N) is 3. The van der Waals surface area contributed by atoms with Crippen LogP contribution in [0.4, 0.5) is 17.1 Å². The molecule has 3 amide bonds. The minimum absolute atomic E-state index is 0.0578. The predicted octanol–water partition coefficient (Wildman–Crippen LogP) is 8.25. The molecule has 10 nitrogen and oxygen atoms in total. The third kappa shape index (κ3) is 7.58. The van der Waals surface area contributed by atoms with E-state index in [1.807, 2.05) is 43.3 Å². The Morgan fingerprint density at radius 3 is 2.24 bits per heavy atom. The van der Waals surface area contributed by atoms with Crippen LogP contribution < -0.4 is 16.0 Å². The van der Waals surface area contributed by atoms with E-state index in [-0.39, 0.29) is 17.3 Å². The van der Waals surface area contributed by atoms with Crippen molar-refractivity contribution < 1.29 is 19.3 Å². The molecule has 0 saturated heterocycles. The molecule has 1 atom stereocenters. The summed E-state index contributed by atoms with van der Waals surface area (Å²) < 4.78 is 2.26. The second kappa shape index (κ2) is 14.9. The van der Waals surface area contributed by atoms with E-state index in [1.54, 1.807) is 48.5 Å². The van der Waals surface area contributed by atoms with Crippen LogP contribution in [0.3, 0.4) is 0 Å². The van der Waals surface area contributed by atoms with Gasteiger partial charge >= 0.3 is 0 Å². The lowest BCUT2D eigenvalue weighted by atomic mass is 10.1. The number of hydrogen-bond acceptors (Lipinski definition) is 6. The predicted molar refractivity (Wildman–Crippen MR) is 199 cm³/mol. The average molecular weight is 684 g/mol. The number of thioether (sulfide) groups is 1. The maximum absolute atomic E-state index is 13.5. The van der Waals surface area contributed by atoms with Gasteiger partial charge < -0.3 is 20.5 Å². The van der Waals surface area contributed by atoms with E-state index >= 15 is 0 Å². The molecule has 11 heteroatoms. The maximum Gasteiger partial charge on any atom is 0.272 e. The van der Waals surface area contributed by atoms with E-state index in [0.717, 1.165) is 33.2 Å². The van der Waals surface area contributed by atoms with Crippen molar-refractivity contribution in [2.45, 2.75) is 30.5 Å². The first-order valence-corrected chi connectivity index (χ1v) is 16.8. The van der Waals surface area contributed by atoms with Gasteiger partial charge in [-0.1, -0.05) is 42.5 Å². The Bertz CT molecular complexity index is 2260. The lowest BCUT2D eigenvalue weighted by Crippen LogP contribution is -2.30. The second-order valence-corrected chi connectivity index (χ2v) is 12.9. The van der Waals surface area contributed by atoms with Crippen molar-refractivity contribution >= 4 is 74.4 Å². The number of fused-ring (bicyclic) bond motifs is 3. The number of nitrogens with zero attached hydrogens (tertiary/aromatic N) is 2. The number of aromatic nitrogens is 1. The molecule has 50 heavy (non-hydrogen) atoms. The number of nitro groups is 1. The Labute approximate surface area is 292 Å². The Morgan fingerprint density at radius 1 is 0.800 bits per heavy atom. The van der Waals surface area contributed by atoms with Gasteiger partial charge in [-0.15, -0.1) is 11.8 Å². The summed E-state index contributed by atoms with van der Waals surface area (Å²) in [5, 5.41) is 21.4. The molecule has 0 bridgehead atoms. The number of anilines is 2. The summed E-state index contributed by atoms with van der Waals surface area (Å²) >= 11 is 1.34. The molecule has 0 saturated carbocycles. The summed E-state index contributed by atoms with van der Waals surface area (Å²) in [6.45, 7) is 4.77. The fraction of sp³-hybridized carbons (Fsp3) is 0.103. The van der Waals surface area contributed by atoms with Crippen molar-refractivity contribution in [1.29, 1.82) is 0 Å². The molecule has 3 N–H and O–H groups in total. The van der Waals surface area contributed by atoms with Crippen molar-refractivity contribution in [3.63, 3.8) is 0 Å². The lowest BCUT2D eigenvalue weighted by Gasteiger charge is -2.14. The molecule has 0 aliphatic heterocycles. The minimum Gasteiger partial charge on any atom is -0.341 e. The first kappa shape index (κ1) is 33.7. The lowest BCUT2D eigenvalue weighted by molar-refractivity contribution is -0.384. The van der Waals surface area contributed by atoms with Crippen molar-refractivity contribution in [3.05, 3.63) is 148 Å². The zero-order valence-electron chi connectivity index (χ0n) is 27.3. The molecule has 5 aromatic carbocycles. The maximum atomic E-state index is 13.5. The van der Waals surface area contributed by atoms with E-state index < -0.39 is 22.0 Å². The summed E-state index contributed by atoms with van der Waals surface area (Å²) in [6.07, 6.45) is 1.45. The van der Waals surface area contributed by atoms with E-state index in [0.29, 0.717) is 22.5 Å². The van der Waals surface area contributed by atoms with Gasteiger partial charge in [-0.25, -0.2) is 0 Å². The molecule has 1 aromatic heterocycles. The number of para-hydroxylation sites is 1. The number of carbonyl (C=O) groups is 3. The zero-order valence-corrected chi connectivity index (χ0v) is 28.1. The molecule has 250 valence electrons. The number of rotatable bonds is 11. The highest BCUT2D eigenvalue weighted by atomic mass is 32.2. The van der Waals surface area contributed by atoms with Crippen molar-refractivity contribution in [2.24, 2.45) is 0 Å². The van der Waals surface area contributed by atoms with Gasteiger partial charge in [-0.2, -0.15) is 0 Å². The van der Waals surface area contributed by atoms with Crippen LogP contribution in [0.2, 0.25) is 0 Å². The van der Waals surface area contributed by atoms with E-state index in [9.17, 15) is 24.5 Å². The number of amides is 3. The number of non-ortho nitro benzene ring substituents is 1. The normalized spacial score (nSPS) is 12.0. The number of nitro benzene ring substituents is 1. The quantitative estimate of drug-likeness (QED) is 0.0545. The van der Waals surface area contributed by atoms with Crippen LogP contribution in [0.25, 0.3) is 27.9 Å². The number of hydrogen-bond donors (Lipinski definition) is 3. The first-order valence-electron chi connectivity index (χ1n) is 15.9. The third-order valence-electron chi connectivity index (χ3n) is 8.07. The van der Waals surface area contributed by atoms with Crippen LogP contribution >= 0.6 is 11.8 Å². The molecular weight excluding hydrogens is 651 g/mol. The van der Waals surface area contributed by atoms with Gasteiger partial charge in [-0.3, -0.25) is 24.5 Å². The van der Waals surface area contributed by atoms with Crippen LogP contribution in [-0.4, -0.2) is 32.5 Å².